The zero-order valence-corrected chi connectivity index (χ0v) is 25.2. The molecule has 1 aromatic heterocycles. The number of nitrogens with zero attached hydrogens (tertiary/aromatic N) is 3. The van der Waals surface area contributed by atoms with E-state index in [4.69, 9.17) is 16.3 Å². The van der Waals surface area contributed by atoms with Crippen molar-refractivity contribution in [3.63, 3.8) is 0 Å². The van der Waals surface area contributed by atoms with E-state index in [1.807, 2.05) is 13.0 Å². The highest BCUT2D eigenvalue weighted by Crippen LogP contribution is 2.33. The van der Waals surface area contributed by atoms with Gasteiger partial charge in [-0.25, -0.2) is 18.1 Å². The number of sulfonamides is 1. The van der Waals surface area contributed by atoms with E-state index in [1.54, 1.807) is 13.2 Å². The average molecular weight is 594 g/mol. The lowest BCUT2D eigenvalue weighted by atomic mass is 9.87. The fraction of sp³-hybridized carbons (Fsp3) is 0.593. The first kappa shape index (κ1) is 30.3. The Morgan fingerprint density at radius 2 is 1.93 bits per heavy atom. The predicted molar refractivity (Wildman–Crippen MR) is 158 cm³/mol. The SMILES string of the molecule is CNS(=O)(=O)CC1CCC[C@@H](Nc2nc(Nc3cc(C)c(C(=O)NC4CCN(C)CC4)cc3OC)ncc2Cl)C1. The van der Waals surface area contributed by atoms with Gasteiger partial charge in [0.05, 0.1) is 24.7 Å². The van der Waals surface area contributed by atoms with E-state index in [0.29, 0.717) is 40.2 Å². The maximum absolute atomic E-state index is 13.1. The number of carbonyl (C=O) groups is 1. The molecule has 1 saturated carbocycles. The second-order valence-corrected chi connectivity index (χ2v) is 13.2. The summed E-state index contributed by atoms with van der Waals surface area (Å²) in [5.41, 5.74) is 1.98. The Balaban J connectivity index is 1.45. The van der Waals surface area contributed by atoms with Crippen molar-refractivity contribution in [1.82, 2.24) is 24.9 Å². The molecule has 13 heteroatoms. The molecule has 40 heavy (non-hydrogen) atoms. The van der Waals surface area contributed by atoms with E-state index in [-0.39, 0.29) is 29.7 Å². The molecule has 1 unspecified atom stereocenters. The maximum Gasteiger partial charge on any atom is 0.251 e. The summed E-state index contributed by atoms with van der Waals surface area (Å²) in [4.78, 5) is 24.2. The Morgan fingerprint density at radius 3 is 2.62 bits per heavy atom. The first-order valence-corrected chi connectivity index (χ1v) is 15.7. The molecule has 2 heterocycles. The number of aromatic nitrogens is 2. The zero-order valence-electron chi connectivity index (χ0n) is 23.6. The van der Waals surface area contributed by atoms with Crippen LogP contribution in [0, 0.1) is 12.8 Å². The Bertz CT molecular complexity index is 1300. The van der Waals surface area contributed by atoms with Gasteiger partial charge in [-0.2, -0.15) is 4.98 Å². The van der Waals surface area contributed by atoms with Crippen LogP contribution in [0.1, 0.15) is 54.4 Å². The van der Waals surface area contributed by atoms with Gasteiger partial charge in [0.25, 0.3) is 5.91 Å². The predicted octanol–water partition coefficient (Wildman–Crippen LogP) is 3.53. The van der Waals surface area contributed by atoms with Crippen molar-refractivity contribution in [3.8, 4) is 5.75 Å². The van der Waals surface area contributed by atoms with E-state index in [1.165, 1.54) is 13.2 Å². The first-order chi connectivity index (χ1) is 19.1. The number of hydrogen-bond donors (Lipinski definition) is 4. The molecular weight excluding hydrogens is 554 g/mol. The number of benzene rings is 1. The number of anilines is 3. The number of ether oxygens (including phenoxy) is 1. The van der Waals surface area contributed by atoms with Crippen LogP contribution in [0.25, 0.3) is 0 Å². The lowest BCUT2D eigenvalue weighted by Crippen LogP contribution is -2.43. The van der Waals surface area contributed by atoms with Gasteiger partial charge in [-0.15, -0.1) is 0 Å². The smallest absolute Gasteiger partial charge is 0.251 e. The molecule has 0 spiro atoms. The summed E-state index contributed by atoms with van der Waals surface area (Å²) in [6.45, 7) is 3.82. The molecule has 1 aliphatic heterocycles. The van der Waals surface area contributed by atoms with Gasteiger partial charge in [-0.05, 0) is 89.8 Å². The van der Waals surface area contributed by atoms with Crippen LogP contribution in [-0.4, -0.2) is 81.3 Å². The number of likely N-dealkylation sites (tertiary alicyclic amines) is 1. The normalized spacial score (nSPS) is 20.6. The van der Waals surface area contributed by atoms with Crippen LogP contribution in [-0.2, 0) is 10.0 Å². The first-order valence-electron chi connectivity index (χ1n) is 13.7. The summed E-state index contributed by atoms with van der Waals surface area (Å²) in [7, 11) is 1.82. The van der Waals surface area contributed by atoms with E-state index >= 15 is 0 Å². The van der Waals surface area contributed by atoms with Crippen LogP contribution in [0.5, 0.6) is 5.75 Å². The van der Waals surface area contributed by atoms with Crippen LogP contribution < -0.4 is 25.4 Å². The van der Waals surface area contributed by atoms with Crippen LogP contribution in [0.2, 0.25) is 5.02 Å². The van der Waals surface area contributed by atoms with Crippen molar-refractivity contribution in [1.29, 1.82) is 0 Å². The highest BCUT2D eigenvalue weighted by molar-refractivity contribution is 7.89. The summed E-state index contributed by atoms with van der Waals surface area (Å²) in [6.07, 6.45) is 6.77. The second kappa shape index (κ2) is 13.3. The van der Waals surface area contributed by atoms with Gasteiger partial charge < -0.3 is 25.6 Å². The van der Waals surface area contributed by atoms with Gasteiger partial charge in [-0.1, -0.05) is 18.0 Å². The van der Waals surface area contributed by atoms with Crippen molar-refractivity contribution in [3.05, 3.63) is 34.5 Å². The molecule has 1 saturated heterocycles. The number of nitrogens with one attached hydrogen (secondary N) is 4. The molecule has 220 valence electrons. The Labute approximate surface area is 241 Å². The number of hydrogen-bond acceptors (Lipinski definition) is 9. The number of piperidine rings is 1. The van der Waals surface area contributed by atoms with Crippen molar-refractivity contribution >= 4 is 45.0 Å². The molecule has 2 aliphatic rings. The average Bonchev–Trinajstić information content (AvgIpc) is 2.92. The summed E-state index contributed by atoms with van der Waals surface area (Å²) in [5.74, 6) is 1.35. The number of methoxy groups -OCH3 is 1. The minimum Gasteiger partial charge on any atom is -0.495 e. The lowest BCUT2D eigenvalue weighted by Gasteiger charge is -2.30. The van der Waals surface area contributed by atoms with Gasteiger partial charge in [0, 0.05) is 17.6 Å². The maximum atomic E-state index is 13.1. The van der Waals surface area contributed by atoms with E-state index < -0.39 is 10.0 Å². The summed E-state index contributed by atoms with van der Waals surface area (Å²) < 4.78 is 32.1. The monoisotopic (exact) mass is 593 g/mol. The number of halogens is 1. The number of rotatable bonds is 10. The Kier molecular flexibility index (Phi) is 10.1. The molecule has 4 N–H and O–H groups in total. The topological polar surface area (TPSA) is 138 Å². The van der Waals surface area contributed by atoms with Crippen molar-refractivity contribution in [2.75, 3.05) is 50.7 Å². The molecule has 11 nitrogen and oxygen atoms in total. The largest absolute Gasteiger partial charge is 0.495 e. The van der Waals surface area contributed by atoms with Crippen molar-refractivity contribution in [2.24, 2.45) is 5.92 Å². The molecule has 4 rings (SSSR count). The molecule has 2 aromatic rings. The molecule has 0 radical (unpaired) electrons. The summed E-state index contributed by atoms with van der Waals surface area (Å²) in [6, 6.07) is 3.79. The minimum absolute atomic E-state index is 0.0465. The number of aryl methyl sites for hydroxylation is 1. The molecule has 1 aromatic carbocycles. The van der Waals surface area contributed by atoms with Gasteiger partial charge in [0.2, 0.25) is 16.0 Å². The third-order valence-corrected chi connectivity index (χ3v) is 9.53. The molecule has 1 aliphatic carbocycles. The molecular formula is C27H40ClN7O4S. The summed E-state index contributed by atoms with van der Waals surface area (Å²) >= 11 is 6.42. The van der Waals surface area contributed by atoms with Crippen LogP contribution in [0.15, 0.2) is 18.3 Å². The lowest BCUT2D eigenvalue weighted by molar-refractivity contribution is 0.0916. The van der Waals surface area contributed by atoms with Crippen LogP contribution in [0.4, 0.5) is 17.5 Å². The van der Waals surface area contributed by atoms with Crippen molar-refractivity contribution in [2.45, 2.75) is 57.5 Å². The standard InChI is InChI=1S/C27H40ClN7O4S/c1-17-12-23(24(39-4)14-21(17)26(36)32-19-8-10-35(3)11-9-19)33-27-30-15-22(28)25(34-27)31-20-7-5-6-18(13-20)16-40(37,38)29-2/h12,14-15,18-20,29H,5-11,13,16H2,1-4H3,(H,32,36)(H2,30,31,33,34)/t18?,20-/m1/s1. The molecule has 2 fully saturated rings. The van der Waals surface area contributed by atoms with Gasteiger partial charge in [0.15, 0.2) is 5.82 Å². The quantitative estimate of drug-likeness (QED) is 0.326. The summed E-state index contributed by atoms with van der Waals surface area (Å²) in [5, 5.41) is 10.1. The molecule has 2 atom stereocenters. The minimum atomic E-state index is -3.27. The van der Waals surface area contributed by atoms with Gasteiger partial charge in [0.1, 0.15) is 10.8 Å². The van der Waals surface area contributed by atoms with Gasteiger partial charge in [-0.3, -0.25) is 4.79 Å². The molecule has 0 bridgehead atoms. The van der Waals surface area contributed by atoms with Gasteiger partial charge >= 0.3 is 0 Å². The highest BCUT2D eigenvalue weighted by atomic mass is 35.5. The third kappa shape index (κ3) is 7.96. The molecule has 1 amide bonds. The zero-order chi connectivity index (χ0) is 28.9. The Morgan fingerprint density at radius 1 is 1.18 bits per heavy atom. The number of amides is 1. The van der Waals surface area contributed by atoms with E-state index in [0.717, 1.165) is 50.8 Å². The van der Waals surface area contributed by atoms with Crippen LogP contribution >= 0.6 is 11.6 Å². The van der Waals surface area contributed by atoms with Crippen molar-refractivity contribution < 1.29 is 17.9 Å². The highest BCUT2D eigenvalue weighted by Gasteiger charge is 2.27. The van der Waals surface area contributed by atoms with E-state index in [2.05, 4.69) is 42.6 Å². The second-order valence-electron chi connectivity index (χ2n) is 10.8. The Hall–Kier alpha value is -2.67. The fourth-order valence-corrected chi connectivity index (χ4v) is 6.66. The van der Waals surface area contributed by atoms with Crippen LogP contribution in [0.3, 0.4) is 0 Å². The third-order valence-electron chi connectivity index (χ3n) is 7.73. The fourth-order valence-electron chi connectivity index (χ4n) is 5.42. The number of carbonyl (C=O) groups excluding carboxylic acids is 1. The van der Waals surface area contributed by atoms with E-state index in [9.17, 15) is 13.2 Å².